The lowest BCUT2D eigenvalue weighted by Crippen LogP contribution is -2.22. The normalized spacial score (nSPS) is 12.4. The largest absolute Gasteiger partial charge is 0.394 e. The second kappa shape index (κ2) is 7.46. The van der Waals surface area contributed by atoms with Gasteiger partial charge in [0.2, 0.25) is 0 Å². The third-order valence-electron chi connectivity index (χ3n) is 4.98. The maximum atomic E-state index is 9.58. The molecule has 0 aliphatic rings. The highest BCUT2D eigenvalue weighted by Gasteiger charge is 2.12. The van der Waals surface area contributed by atoms with E-state index >= 15 is 0 Å². The van der Waals surface area contributed by atoms with Crippen molar-refractivity contribution in [3.8, 4) is 11.1 Å². The molecule has 0 fully saturated rings. The molecular formula is C23H28N2O. The first-order chi connectivity index (χ1) is 12.4. The number of hydrogen-bond acceptors (Lipinski definition) is 3. The number of fused-ring (bicyclic) bond motifs is 1. The molecule has 0 amide bonds. The Labute approximate surface area is 156 Å². The molecular weight excluding hydrogens is 320 g/mol. The van der Waals surface area contributed by atoms with E-state index in [1.807, 2.05) is 6.92 Å². The zero-order valence-corrected chi connectivity index (χ0v) is 16.4. The number of rotatable bonds is 5. The fourth-order valence-electron chi connectivity index (χ4n) is 3.77. The molecule has 0 spiro atoms. The number of nitrogens with one attached hydrogen (secondary N) is 1. The summed E-state index contributed by atoms with van der Waals surface area (Å²) in [5, 5.41) is 14.2. The first-order valence-electron chi connectivity index (χ1n) is 9.30. The average Bonchev–Trinajstić information content (AvgIpc) is 2.58. The van der Waals surface area contributed by atoms with Crippen LogP contribution in [-0.4, -0.2) is 22.7 Å². The summed E-state index contributed by atoms with van der Waals surface area (Å²) in [7, 11) is 0. The van der Waals surface area contributed by atoms with Gasteiger partial charge in [0, 0.05) is 22.8 Å². The minimum atomic E-state index is 0.0477. The number of anilines is 1. The van der Waals surface area contributed by atoms with E-state index in [1.54, 1.807) is 0 Å². The number of hydrogen-bond donors (Lipinski definition) is 2. The van der Waals surface area contributed by atoms with Gasteiger partial charge in [-0.3, -0.25) is 4.98 Å². The van der Waals surface area contributed by atoms with Crippen LogP contribution in [0.2, 0.25) is 0 Å². The van der Waals surface area contributed by atoms with Gasteiger partial charge in [-0.1, -0.05) is 30.7 Å². The van der Waals surface area contributed by atoms with Gasteiger partial charge >= 0.3 is 0 Å². The molecule has 0 radical (unpaired) electrons. The number of pyridine rings is 1. The van der Waals surface area contributed by atoms with Gasteiger partial charge < -0.3 is 10.4 Å². The molecule has 0 saturated carbocycles. The first-order valence-corrected chi connectivity index (χ1v) is 9.30. The summed E-state index contributed by atoms with van der Waals surface area (Å²) < 4.78 is 0. The van der Waals surface area contributed by atoms with Gasteiger partial charge in [-0.25, -0.2) is 0 Å². The van der Waals surface area contributed by atoms with Gasteiger partial charge in [-0.2, -0.15) is 0 Å². The van der Waals surface area contributed by atoms with Crippen LogP contribution >= 0.6 is 0 Å². The molecule has 3 heteroatoms. The first kappa shape index (κ1) is 18.4. The summed E-state index contributed by atoms with van der Waals surface area (Å²) in [4.78, 5) is 4.69. The topological polar surface area (TPSA) is 45.1 Å². The molecule has 26 heavy (non-hydrogen) atoms. The van der Waals surface area contributed by atoms with Crippen molar-refractivity contribution in [2.75, 3.05) is 11.9 Å². The summed E-state index contributed by atoms with van der Waals surface area (Å²) in [6.45, 7) is 10.7. The van der Waals surface area contributed by atoms with E-state index in [2.05, 4.69) is 74.4 Å². The molecule has 3 nitrogen and oxygen atoms in total. The Morgan fingerprint density at radius 2 is 1.69 bits per heavy atom. The van der Waals surface area contributed by atoms with Crippen LogP contribution in [0.5, 0.6) is 0 Å². The van der Waals surface area contributed by atoms with Gasteiger partial charge in [0.25, 0.3) is 0 Å². The van der Waals surface area contributed by atoms with Crippen LogP contribution in [-0.2, 0) is 0 Å². The second-order valence-corrected chi connectivity index (χ2v) is 7.25. The number of aromatic nitrogens is 1. The molecule has 2 aromatic carbocycles. The highest BCUT2D eigenvalue weighted by molar-refractivity contribution is 5.95. The fraction of sp³-hybridized carbons (Fsp3) is 0.348. The van der Waals surface area contributed by atoms with Crippen LogP contribution in [0.1, 0.15) is 35.7 Å². The van der Waals surface area contributed by atoms with E-state index in [1.165, 1.54) is 27.8 Å². The molecule has 3 aromatic rings. The molecule has 0 saturated heterocycles. The van der Waals surface area contributed by atoms with Crippen LogP contribution in [0.25, 0.3) is 22.0 Å². The van der Waals surface area contributed by atoms with Crippen molar-refractivity contribution >= 4 is 16.6 Å². The van der Waals surface area contributed by atoms with Crippen molar-refractivity contribution in [3.63, 3.8) is 0 Å². The Hall–Kier alpha value is -2.39. The third kappa shape index (κ3) is 3.58. The fourth-order valence-corrected chi connectivity index (χ4v) is 3.77. The zero-order chi connectivity index (χ0) is 18.8. The molecule has 1 unspecified atom stereocenters. The standard InChI is InChI=1S/C23H28N2O/c1-6-19(13-26)25-22-11-17(5)24-21-8-7-18(12-20(21)22)23-15(3)9-14(2)10-16(23)4/h7-12,19,26H,6,13H2,1-5H3,(H,24,25). The molecule has 1 atom stereocenters. The molecule has 136 valence electrons. The van der Waals surface area contributed by atoms with E-state index in [9.17, 15) is 5.11 Å². The number of aliphatic hydroxyl groups is 1. The van der Waals surface area contributed by atoms with Crippen molar-refractivity contribution < 1.29 is 5.11 Å². The van der Waals surface area contributed by atoms with E-state index in [0.29, 0.717) is 0 Å². The maximum Gasteiger partial charge on any atom is 0.0726 e. The second-order valence-electron chi connectivity index (χ2n) is 7.25. The van der Waals surface area contributed by atoms with Gasteiger partial charge in [0.05, 0.1) is 12.1 Å². The summed E-state index contributed by atoms with van der Waals surface area (Å²) in [6, 6.07) is 13.1. The van der Waals surface area contributed by atoms with Gasteiger partial charge in [-0.15, -0.1) is 0 Å². The molecule has 3 rings (SSSR count). The van der Waals surface area contributed by atoms with E-state index in [-0.39, 0.29) is 12.6 Å². The molecule has 1 aromatic heterocycles. The minimum absolute atomic E-state index is 0.0477. The molecule has 0 aliphatic heterocycles. The Morgan fingerprint density at radius 1 is 1.00 bits per heavy atom. The van der Waals surface area contributed by atoms with Crippen LogP contribution in [0.4, 0.5) is 5.69 Å². The summed E-state index contributed by atoms with van der Waals surface area (Å²) in [6.07, 6.45) is 0.870. The SMILES string of the molecule is CCC(CO)Nc1cc(C)nc2ccc(-c3c(C)cc(C)cc3C)cc12. The van der Waals surface area contributed by atoms with Crippen molar-refractivity contribution in [3.05, 3.63) is 58.8 Å². The van der Waals surface area contributed by atoms with Crippen molar-refractivity contribution in [2.45, 2.75) is 47.1 Å². The Kier molecular flexibility index (Phi) is 5.28. The predicted molar refractivity (Wildman–Crippen MR) is 111 cm³/mol. The van der Waals surface area contributed by atoms with Crippen LogP contribution in [0.3, 0.4) is 0 Å². The van der Waals surface area contributed by atoms with Gasteiger partial charge in [-0.05, 0) is 74.6 Å². The van der Waals surface area contributed by atoms with Gasteiger partial charge in [0.1, 0.15) is 0 Å². The van der Waals surface area contributed by atoms with Crippen molar-refractivity contribution in [1.82, 2.24) is 4.98 Å². The lowest BCUT2D eigenvalue weighted by Gasteiger charge is -2.19. The summed E-state index contributed by atoms with van der Waals surface area (Å²) in [5.41, 5.74) is 9.36. The Morgan fingerprint density at radius 3 is 2.31 bits per heavy atom. The van der Waals surface area contributed by atoms with Crippen molar-refractivity contribution in [1.29, 1.82) is 0 Å². The molecule has 0 bridgehead atoms. The zero-order valence-electron chi connectivity index (χ0n) is 16.4. The number of aliphatic hydroxyl groups excluding tert-OH is 1. The lowest BCUT2D eigenvalue weighted by atomic mass is 9.93. The van der Waals surface area contributed by atoms with Crippen LogP contribution in [0, 0.1) is 27.7 Å². The summed E-state index contributed by atoms with van der Waals surface area (Å²) in [5.74, 6) is 0. The summed E-state index contributed by atoms with van der Waals surface area (Å²) >= 11 is 0. The number of nitrogens with zero attached hydrogens (tertiary/aromatic N) is 1. The highest BCUT2D eigenvalue weighted by Crippen LogP contribution is 2.33. The monoisotopic (exact) mass is 348 g/mol. The van der Waals surface area contributed by atoms with E-state index in [4.69, 9.17) is 0 Å². The van der Waals surface area contributed by atoms with E-state index in [0.717, 1.165) is 28.7 Å². The predicted octanol–water partition coefficient (Wildman–Crippen LogP) is 5.32. The number of benzene rings is 2. The third-order valence-corrected chi connectivity index (χ3v) is 4.98. The van der Waals surface area contributed by atoms with Crippen molar-refractivity contribution in [2.24, 2.45) is 0 Å². The quantitative estimate of drug-likeness (QED) is 0.656. The lowest BCUT2D eigenvalue weighted by molar-refractivity contribution is 0.272. The average molecular weight is 348 g/mol. The van der Waals surface area contributed by atoms with E-state index < -0.39 is 0 Å². The molecule has 0 aliphatic carbocycles. The Bertz CT molecular complexity index is 919. The highest BCUT2D eigenvalue weighted by atomic mass is 16.3. The molecule has 2 N–H and O–H groups in total. The van der Waals surface area contributed by atoms with Gasteiger partial charge in [0.15, 0.2) is 0 Å². The molecule has 1 heterocycles. The van der Waals surface area contributed by atoms with Crippen LogP contribution < -0.4 is 5.32 Å². The maximum absolute atomic E-state index is 9.58. The smallest absolute Gasteiger partial charge is 0.0726 e. The van der Waals surface area contributed by atoms with Crippen LogP contribution in [0.15, 0.2) is 36.4 Å². The Balaban J connectivity index is 2.18. The number of aryl methyl sites for hydroxylation is 4. The minimum Gasteiger partial charge on any atom is -0.394 e.